The van der Waals surface area contributed by atoms with Crippen LogP contribution in [0, 0.1) is 11.8 Å². The van der Waals surface area contributed by atoms with Gasteiger partial charge in [0.05, 0.1) is 0 Å². The van der Waals surface area contributed by atoms with Gasteiger partial charge in [0.2, 0.25) is 0 Å². The van der Waals surface area contributed by atoms with E-state index in [4.69, 9.17) is 0 Å². The highest BCUT2D eigenvalue weighted by Crippen LogP contribution is 2.22. The van der Waals surface area contributed by atoms with Crippen LogP contribution in [0.2, 0.25) is 0 Å². The third kappa shape index (κ3) is 4.34. The minimum atomic E-state index is 0.698. The van der Waals surface area contributed by atoms with Gasteiger partial charge in [0.25, 0.3) is 0 Å². The lowest BCUT2D eigenvalue weighted by Crippen LogP contribution is -2.19. The molecule has 116 valence electrons. The van der Waals surface area contributed by atoms with Crippen LogP contribution in [0.1, 0.15) is 46.1 Å². The van der Waals surface area contributed by atoms with E-state index < -0.39 is 0 Å². The molecule has 2 aromatic rings. The van der Waals surface area contributed by atoms with E-state index in [2.05, 4.69) is 68.0 Å². The molecule has 1 aromatic carbocycles. The maximum absolute atomic E-state index is 3.55. The second-order valence-corrected chi connectivity index (χ2v) is 6.74. The monoisotopic (exact) mass is 286 g/mol. The van der Waals surface area contributed by atoms with Crippen molar-refractivity contribution < 1.29 is 0 Å². The third-order valence-electron chi connectivity index (χ3n) is 4.06. The summed E-state index contributed by atoms with van der Waals surface area (Å²) in [5, 5.41) is 4.95. The van der Waals surface area contributed by atoms with Gasteiger partial charge >= 0.3 is 0 Å². The lowest BCUT2D eigenvalue weighted by atomic mass is 10.1. The van der Waals surface area contributed by atoms with Gasteiger partial charge in [-0.05, 0) is 42.5 Å². The van der Waals surface area contributed by atoms with Gasteiger partial charge in [-0.3, -0.25) is 0 Å². The Bertz CT molecular complexity index is 554. The summed E-state index contributed by atoms with van der Waals surface area (Å²) in [5.74, 6) is 1.44. The molecule has 1 N–H and O–H groups in total. The van der Waals surface area contributed by atoms with Gasteiger partial charge in [-0.1, -0.05) is 46.2 Å². The number of fused-ring (bicyclic) bond motifs is 1. The Hall–Kier alpha value is -1.28. The predicted octanol–water partition coefficient (Wildman–Crippen LogP) is 4.82. The highest BCUT2D eigenvalue weighted by molar-refractivity contribution is 5.83. The van der Waals surface area contributed by atoms with Gasteiger partial charge in [-0.2, -0.15) is 0 Å². The minimum Gasteiger partial charge on any atom is -0.347 e. The van der Waals surface area contributed by atoms with Crippen LogP contribution in [0.4, 0.5) is 0 Å². The molecule has 1 heterocycles. The predicted molar refractivity (Wildman–Crippen MR) is 92.6 cm³/mol. The molecule has 2 rings (SSSR count). The molecule has 0 saturated carbocycles. The van der Waals surface area contributed by atoms with Crippen LogP contribution in [0.15, 0.2) is 30.5 Å². The lowest BCUT2D eigenvalue weighted by molar-refractivity contribution is 0.453. The molecule has 0 aliphatic rings. The van der Waals surface area contributed by atoms with Crippen LogP contribution in [0.3, 0.4) is 0 Å². The first-order chi connectivity index (χ1) is 10.1. The molecule has 1 unspecified atom stereocenters. The number of hydrogen-bond donors (Lipinski definition) is 1. The van der Waals surface area contributed by atoms with Crippen molar-refractivity contribution in [1.29, 1.82) is 0 Å². The summed E-state index contributed by atoms with van der Waals surface area (Å²) in [6.45, 7) is 12.3. The number of aromatic nitrogens is 1. The third-order valence-corrected chi connectivity index (χ3v) is 4.06. The zero-order chi connectivity index (χ0) is 15.2. The summed E-state index contributed by atoms with van der Waals surface area (Å²) < 4.78 is 2.42. The van der Waals surface area contributed by atoms with Crippen LogP contribution in [0.5, 0.6) is 0 Å². The van der Waals surface area contributed by atoms with Crippen LogP contribution in [-0.2, 0) is 13.1 Å². The summed E-state index contributed by atoms with van der Waals surface area (Å²) >= 11 is 0. The fourth-order valence-electron chi connectivity index (χ4n) is 3.02. The molecule has 1 aromatic heterocycles. The number of hydrogen-bond acceptors (Lipinski definition) is 1. The van der Waals surface area contributed by atoms with Crippen LogP contribution < -0.4 is 5.32 Å². The molecule has 0 spiro atoms. The van der Waals surface area contributed by atoms with Gasteiger partial charge in [-0.25, -0.2) is 0 Å². The molecule has 0 aliphatic carbocycles. The van der Waals surface area contributed by atoms with E-state index in [1.165, 1.54) is 29.3 Å². The Morgan fingerprint density at radius 1 is 1.14 bits per heavy atom. The topological polar surface area (TPSA) is 17.0 Å². The molecule has 0 saturated heterocycles. The highest BCUT2D eigenvalue weighted by atomic mass is 15.0. The molecule has 0 fully saturated rings. The van der Waals surface area contributed by atoms with E-state index in [0.717, 1.165) is 25.6 Å². The Morgan fingerprint density at radius 2 is 1.95 bits per heavy atom. The number of rotatable bonds is 8. The maximum Gasteiger partial charge on any atom is 0.0483 e. The molecule has 0 aliphatic heterocycles. The summed E-state index contributed by atoms with van der Waals surface area (Å²) in [5.41, 5.74) is 2.79. The molecule has 0 bridgehead atoms. The fraction of sp³-hybridized carbons (Fsp3) is 0.579. The van der Waals surface area contributed by atoms with Crippen molar-refractivity contribution in [3.8, 4) is 0 Å². The molecular formula is C19H30N2. The Labute approximate surface area is 129 Å². The fourth-order valence-corrected chi connectivity index (χ4v) is 3.02. The van der Waals surface area contributed by atoms with Crippen molar-refractivity contribution in [2.24, 2.45) is 11.8 Å². The van der Waals surface area contributed by atoms with Crippen molar-refractivity contribution in [3.63, 3.8) is 0 Å². The van der Waals surface area contributed by atoms with Crippen molar-refractivity contribution in [3.05, 3.63) is 36.0 Å². The lowest BCUT2D eigenvalue weighted by Gasteiger charge is -2.13. The molecule has 2 heteroatoms. The van der Waals surface area contributed by atoms with Gasteiger partial charge in [0.1, 0.15) is 0 Å². The zero-order valence-electron chi connectivity index (χ0n) is 14.0. The average Bonchev–Trinajstić information content (AvgIpc) is 2.83. The van der Waals surface area contributed by atoms with Crippen molar-refractivity contribution in [2.75, 3.05) is 6.54 Å². The Morgan fingerprint density at radius 3 is 2.67 bits per heavy atom. The summed E-state index contributed by atoms with van der Waals surface area (Å²) in [6, 6.07) is 8.96. The van der Waals surface area contributed by atoms with E-state index in [-0.39, 0.29) is 0 Å². The summed E-state index contributed by atoms with van der Waals surface area (Å²) in [7, 11) is 0. The van der Waals surface area contributed by atoms with Gasteiger partial charge < -0.3 is 9.88 Å². The molecule has 2 nitrogen and oxygen atoms in total. The molecule has 0 amide bonds. The summed E-state index contributed by atoms with van der Waals surface area (Å²) in [6.07, 6.45) is 4.82. The first-order valence-corrected chi connectivity index (χ1v) is 8.39. The van der Waals surface area contributed by atoms with E-state index in [1.807, 2.05) is 0 Å². The smallest absolute Gasteiger partial charge is 0.0483 e. The second-order valence-electron chi connectivity index (χ2n) is 6.74. The summed E-state index contributed by atoms with van der Waals surface area (Å²) in [4.78, 5) is 0. The van der Waals surface area contributed by atoms with Gasteiger partial charge in [0.15, 0.2) is 0 Å². The quantitative estimate of drug-likeness (QED) is 0.736. The number of nitrogens with zero attached hydrogens (tertiary/aromatic N) is 1. The second kappa shape index (κ2) is 7.65. The first kappa shape index (κ1) is 16.1. The van der Waals surface area contributed by atoms with Crippen molar-refractivity contribution in [1.82, 2.24) is 9.88 Å². The molecule has 21 heavy (non-hydrogen) atoms. The van der Waals surface area contributed by atoms with E-state index >= 15 is 0 Å². The maximum atomic E-state index is 3.55. The first-order valence-electron chi connectivity index (χ1n) is 8.39. The largest absolute Gasteiger partial charge is 0.347 e. The van der Waals surface area contributed by atoms with Gasteiger partial charge in [0, 0.05) is 30.2 Å². The zero-order valence-corrected chi connectivity index (χ0v) is 14.0. The van der Waals surface area contributed by atoms with Crippen LogP contribution in [-0.4, -0.2) is 11.1 Å². The Kier molecular flexibility index (Phi) is 5.86. The highest BCUT2D eigenvalue weighted by Gasteiger charge is 2.08. The SMILES string of the molecule is CCCC(C)Cn1ccc2c(CNCC(C)C)cccc21. The number of nitrogens with one attached hydrogen (secondary N) is 1. The van der Waals surface area contributed by atoms with E-state index in [0.29, 0.717) is 5.92 Å². The molecule has 0 radical (unpaired) electrons. The Balaban J connectivity index is 2.13. The standard InChI is InChI=1S/C19H30N2/c1-5-7-16(4)14-21-11-10-18-17(8-6-9-19(18)21)13-20-12-15(2)3/h6,8-11,15-16,20H,5,7,12-14H2,1-4H3. The van der Waals surface area contributed by atoms with E-state index in [9.17, 15) is 0 Å². The normalized spacial score (nSPS) is 13.2. The van der Waals surface area contributed by atoms with Crippen LogP contribution >= 0.6 is 0 Å². The van der Waals surface area contributed by atoms with Gasteiger partial charge in [-0.15, -0.1) is 0 Å². The molecule has 1 atom stereocenters. The van der Waals surface area contributed by atoms with Crippen molar-refractivity contribution in [2.45, 2.75) is 53.6 Å². The van der Waals surface area contributed by atoms with E-state index in [1.54, 1.807) is 0 Å². The van der Waals surface area contributed by atoms with Crippen LogP contribution in [0.25, 0.3) is 10.9 Å². The van der Waals surface area contributed by atoms with Crippen molar-refractivity contribution >= 4 is 10.9 Å². The molecular weight excluding hydrogens is 256 g/mol. The average molecular weight is 286 g/mol. The number of benzene rings is 1. The minimum absolute atomic E-state index is 0.698.